The molecule has 0 radical (unpaired) electrons. The molecule has 2 aromatic rings. The first-order valence-electron chi connectivity index (χ1n) is 10.1. The Morgan fingerprint density at radius 1 is 1.07 bits per heavy atom. The van der Waals surface area contributed by atoms with Crippen LogP contribution in [0.25, 0.3) is 0 Å². The maximum absolute atomic E-state index is 12.9. The zero-order chi connectivity index (χ0) is 21.5. The lowest BCUT2D eigenvalue weighted by Gasteiger charge is -2.29. The number of hydrogen-bond acceptors (Lipinski definition) is 4. The highest BCUT2D eigenvalue weighted by atomic mass is 19.1. The number of carbonyl (C=O) groups excluding carboxylic acids is 2. The van der Waals surface area contributed by atoms with Crippen molar-refractivity contribution < 1.29 is 23.5 Å². The fraction of sp³-hybridized carbons (Fsp3) is 0.391. The van der Waals surface area contributed by atoms with Crippen LogP contribution in [-0.2, 0) is 4.79 Å². The van der Waals surface area contributed by atoms with Crippen LogP contribution in [0.5, 0.6) is 11.5 Å². The lowest BCUT2D eigenvalue weighted by atomic mass is 9.86. The van der Waals surface area contributed by atoms with Gasteiger partial charge in [0.2, 0.25) is 0 Å². The van der Waals surface area contributed by atoms with Gasteiger partial charge in [0.15, 0.2) is 18.1 Å². The molecule has 2 N–H and O–H groups in total. The fourth-order valence-corrected chi connectivity index (χ4v) is 3.58. The average Bonchev–Trinajstić information content (AvgIpc) is 2.75. The molecule has 160 valence electrons. The van der Waals surface area contributed by atoms with Crippen LogP contribution >= 0.6 is 0 Å². The van der Waals surface area contributed by atoms with Gasteiger partial charge in [-0.1, -0.05) is 19.8 Å². The predicted molar refractivity (Wildman–Crippen MR) is 112 cm³/mol. The minimum Gasteiger partial charge on any atom is -0.493 e. The fourth-order valence-electron chi connectivity index (χ4n) is 3.58. The molecular weight excluding hydrogens is 387 g/mol. The molecule has 1 fully saturated rings. The number of nitrogens with one attached hydrogen (secondary N) is 2. The van der Waals surface area contributed by atoms with Crippen molar-refractivity contribution in [3.8, 4) is 11.5 Å². The van der Waals surface area contributed by atoms with E-state index in [-0.39, 0.29) is 24.4 Å². The Kier molecular flexibility index (Phi) is 7.27. The van der Waals surface area contributed by atoms with Gasteiger partial charge in [-0.3, -0.25) is 9.59 Å². The summed E-state index contributed by atoms with van der Waals surface area (Å²) in [6.07, 6.45) is 4.46. The van der Waals surface area contributed by atoms with Crippen molar-refractivity contribution in [1.29, 1.82) is 0 Å². The van der Waals surface area contributed by atoms with E-state index in [1.54, 1.807) is 18.2 Å². The quantitative estimate of drug-likeness (QED) is 0.713. The number of rotatable bonds is 7. The third-order valence-electron chi connectivity index (χ3n) is 5.34. The lowest BCUT2D eigenvalue weighted by Crippen LogP contribution is -2.41. The van der Waals surface area contributed by atoms with Gasteiger partial charge >= 0.3 is 0 Å². The lowest BCUT2D eigenvalue weighted by molar-refractivity contribution is -0.118. The molecule has 1 aliphatic carbocycles. The second-order valence-corrected chi connectivity index (χ2v) is 7.55. The Balaban J connectivity index is 1.58. The molecule has 30 heavy (non-hydrogen) atoms. The van der Waals surface area contributed by atoms with Gasteiger partial charge in [0.25, 0.3) is 11.8 Å². The minimum absolute atomic E-state index is 0.146. The van der Waals surface area contributed by atoms with E-state index in [1.165, 1.54) is 37.8 Å². The third kappa shape index (κ3) is 5.72. The molecular formula is C23H27FN2O4. The zero-order valence-electron chi connectivity index (χ0n) is 17.2. The van der Waals surface area contributed by atoms with Crippen LogP contribution in [0.2, 0.25) is 0 Å². The molecule has 0 aliphatic heterocycles. The van der Waals surface area contributed by atoms with Gasteiger partial charge in [0.05, 0.1) is 7.11 Å². The third-order valence-corrected chi connectivity index (χ3v) is 5.34. The van der Waals surface area contributed by atoms with Gasteiger partial charge in [-0.25, -0.2) is 4.39 Å². The standard InChI is InChI=1S/C23H27FN2O4/c1-15-5-3-4-6-19(15)26-23(28)16-7-12-20(21(13-16)29-2)30-14-22(27)25-18-10-8-17(24)9-11-18/h7-13,15,19H,3-6,14H2,1-2H3,(H,25,27)(H,26,28). The van der Waals surface area contributed by atoms with Gasteiger partial charge in [-0.05, 0) is 61.2 Å². The first kappa shape index (κ1) is 21.6. The van der Waals surface area contributed by atoms with E-state index in [2.05, 4.69) is 17.6 Å². The van der Waals surface area contributed by atoms with Crippen molar-refractivity contribution in [3.05, 3.63) is 53.8 Å². The number of anilines is 1. The maximum Gasteiger partial charge on any atom is 0.262 e. The van der Waals surface area contributed by atoms with Gasteiger partial charge in [0, 0.05) is 17.3 Å². The summed E-state index contributed by atoms with van der Waals surface area (Å²) < 4.78 is 23.8. The summed E-state index contributed by atoms with van der Waals surface area (Å²) in [5.41, 5.74) is 0.952. The van der Waals surface area contributed by atoms with E-state index in [0.29, 0.717) is 28.7 Å². The van der Waals surface area contributed by atoms with E-state index < -0.39 is 5.91 Å². The molecule has 2 amide bonds. The van der Waals surface area contributed by atoms with Gasteiger partial charge in [-0.15, -0.1) is 0 Å². The van der Waals surface area contributed by atoms with Crippen LogP contribution in [0.3, 0.4) is 0 Å². The summed E-state index contributed by atoms with van der Waals surface area (Å²) >= 11 is 0. The highest BCUT2D eigenvalue weighted by Crippen LogP contribution is 2.29. The number of ether oxygens (including phenoxy) is 2. The summed E-state index contributed by atoms with van der Waals surface area (Å²) in [7, 11) is 1.48. The van der Waals surface area contributed by atoms with E-state index in [9.17, 15) is 14.0 Å². The van der Waals surface area contributed by atoms with E-state index in [1.807, 2.05) is 0 Å². The molecule has 7 heteroatoms. The van der Waals surface area contributed by atoms with Crippen molar-refractivity contribution in [2.75, 3.05) is 19.0 Å². The summed E-state index contributed by atoms with van der Waals surface area (Å²) in [6, 6.07) is 10.5. The Labute approximate surface area is 175 Å². The second-order valence-electron chi connectivity index (χ2n) is 7.55. The second kappa shape index (κ2) is 10.1. The Hall–Kier alpha value is -3.09. The summed E-state index contributed by atoms with van der Waals surface area (Å²) in [4.78, 5) is 24.7. The van der Waals surface area contributed by atoms with Gasteiger partial charge in [0.1, 0.15) is 5.82 Å². The number of benzene rings is 2. The Morgan fingerprint density at radius 3 is 2.50 bits per heavy atom. The molecule has 1 aliphatic rings. The number of halogens is 1. The van der Waals surface area contributed by atoms with Crippen LogP contribution in [0.15, 0.2) is 42.5 Å². The van der Waals surface area contributed by atoms with Crippen molar-refractivity contribution >= 4 is 17.5 Å². The Morgan fingerprint density at radius 2 is 1.80 bits per heavy atom. The molecule has 6 nitrogen and oxygen atoms in total. The van der Waals surface area contributed by atoms with Gasteiger partial charge < -0.3 is 20.1 Å². The molecule has 1 saturated carbocycles. The van der Waals surface area contributed by atoms with E-state index in [4.69, 9.17) is 9.47 Å². The van der Waals surface area contributed by atoms with Gasteiger partial charge in [-0.2, -0.15) is 0 Å². The predicted octanol–water partition coefficient (Wildman–Crippen LogP) is 4.16. The minimum atomic E-state index is -0.392. The SMILES string of the molecule is COc1cc(C(=O)NC2CCCCC2C)ccc1OCC(=O)Nc1ccc(F)cc1. The topological polar surface area (TPSA) is 76.7 Å². The largest absolute Gasteiger partial charge is 0.493 e. The highest BCUT2D eigenvalue weighted by Gasteiger charge is 2.23. The van der Waals surface area contributed by atoms with Crippen LogP contribution in [0.4, 0.5) is 10.1 Å². The van der Waals surface area contributed by atoms with Crippen LogP contribution in [0.1, 0.15) is 43.0 Å². The first-order valence-corrected chi connectivity index (χ1v) is 10.1. The molecule has 2 unspecified atom stereocenters. The molecule has 2 aromatic carbocycles. The average molecular weight is 414 g/mol. The van der Waals surface area contributed by atoms with Crippen molar-refractivity contribution in [3.63, 3.8) is 0 Å². The number of carbonyl (C=O) groups is 2. The summed E-state index contributed by atoms with van der Waals surface area (Å²) in [6.45, 7) is 1.91. The van der Waals surface area contributed by atoms with Crippen LogP contribution in [-0.4, -0.2) is 31.6 Å². The first-order chi connectivity index (χ1) is 14.5. The number of amides is 2. The normalized spacial score (nSPS) is 18.4. The molecule has 3 rings (SSSR count). The Bertz CT molecular complexity index is 885. The highest BCUT2D eigenvalue weighted by molar-refractivity contribution is 5.95. The van der Waals surface area contributed by atoms with Crippen molar-refractivity contribution in [2.24, 2.45) is 5.92 Å². The molecule has 0 saturated heterocycles. The molecule has 2 atom stereocenters. The van der Waals surface area contributed by atoms with E-state index in [0.717, 1.165) is 19.3 Å². The number of hydrogen-bond donors (Lipinski definition) is 2. The van der Waals surface area contributed by atoms with Crippen LogP contribution < -0.4 is 20.1 Å². The monoisotopic (exact) mass is 414 g/mol. The molecule has 0 aromatic heterocycles. The molecule has 0 bridgehead atoms. The molecule has 0 spiro atoms. The smallest absolute Gasteiger partial charge is 0.262 e. The van der Waals surface area contributed by atoms with Crippen LogP contribution in [0, 0.1) is 11.7 Å². The summed E-state index contributed by atoms with van der Waals surface area (Å²) in [5, 5.41) is 5.73. The summed E-state index contributed by atoms with van der Waals surface area (Å²) in [5.74, 6) is 0.274. The van der Waals surface area contributed by atoms with Crippen molar-refractivity contribution in [2.45, 2.75) is 38.6 Å². The van der Waals surface area contributed by atoms with E-state index >= 15 is 0 Å². The zero-order valence-corrected chi connectivity index (χ0v) is 17.2. The number of methoxy groups -OCH3 is 1. The maximum atomic E-state index is 12.9. The molecule has 0 heterocycles. The van der Waals surface area contributed by atoms with Crippen molar-refractivity contribution in [1.82, 2.24) is 5.32 Å².